The molecule has 12 aromatic rings. The van der Waals surface area contributed by atoms with Crippen LogP contribution in [0.25, 0.3) is 116 Å². The average Bonchev–Trinajstić information content (AvgIpc) is 3.68. The van der Waals surface area contributed by atoms with Gasteiger partial charge in [-0.25, -0.2) is 19.9 Å². The molecule has 0 fully saturated rings. The van der Waals surface area contributed by atoms with Crippen LogP contribution in [-0.2, 0) is 0 Å². The number of nitrogens with zero attached hydrogens (tertiary/aromatic N) is 5. The Morgan fingerprint density at radius 3 is 1.57 bits per heavy atom. The van der Waals surface area contributed by atoms with Crippen LogP contribution in [-0.4, -0.2) is 24.5 Å². The van der Waals surface area contributed by atoms with Crippen LogP contribution in [0.15, 0.2) is 212 Å². The zero-order chi connectivity index (χ0) is 40.3. The molecule has 284 valence electrons. The maximum Gasteiger partial charge on any atom is 0.164 e. The molecule has 0 saturated heterocycles. The lowest BCUT2D eigenvalue weighted by Crippen LogP contribution is -2.00. The summed E-state index contributed by atoms with van der Waals surface area (Å²) in [5.41, 5.74) is 11.4. The van der Waals surface area contributed by atoms with Gasteiger partial charge in [-0.2, -0.15) is 0 Å². The molecule has 0 radical (unpaired) electrons. The zero-order valence-electron chi connectivity index (χ0n) is 32.9. The van der Waals surface area contributed by atoms with Gasteiger partial charge in [0.15, 0.2) is 17.5 Å². The molecule has 5 heteroatoms. The molecule has 3 aromatic heterocycles. The van der Waals surface area contributed by atoms with Gasteiger partial charge in [-0.3, -0.25) is 0 Å². The molecule has 61 heavy (non-hydrogen) atoms. The van der Waals surface area contributed by atoms with Gasteiger partial charge in [0.05, 0.1) is 27.9 Å². The van der Waals surface area contributed by atoms with Crippen LogP contribution in [0.4, 0.5) is 0 Å². The van der Waals surface area contributed by atoms with Gasteiger partial charge in [0.2, 0.25) is 0 Å². The van der Waals surface area contributed by atoms with E-state index in [1.807, 2.05) is 60.7 Å². The maximum atomic E-state index is 5.30. The SMILES string of the molecule is c1ccc(-c2nc(-c3ccccc3)nc(-c3cccc(-c4ccc5c6ccc7c(-c8ccccc8)nc8ccccc8c7c6n(-c6cccc7ccccc67)c5c4)c3)n2)cc1. The van der Waals surface area contributed by atoms with Crippen LogP contribution in [0.5, 0.6) is 0 Å². The molecule has 0 N–H and O–H groups in total. The molecule has 0 aliphatic heterocycles. The standard InChI is InChI=1S/C56H35N5/c1-4-17-37(18-5-1)52-47-33-32-45-44-31-30-41(40-24-14-25-42(34-40)56-59-54(38-19-6-2-7-20-38)58-55(60-56)39-21-8-3-9-22-39)35-50(44)61(49-29-15-23-36-16-10-11-26-43(36)49)53(45)51(47)46-27-12-13-28-48(46)57-52/h1-35H. The van der Waals surface area contributed by atoms with E-state index < -0.39 is 0 Å². The highest BCUT2D eigenvalue weighted by atomic mass is 15.0. The molecule has 0 unspecified atom stereocenters. The first-order valence-electron chi connectivity index (χ1n) is 20.6. The Labute approximate surface area is 351 Å². The van der Waals surface area contributed by atoms with Crippen LogP contribution >= 0.6 is 0 Å². The van der Waals surface area contributed by atoms with E-state index in [1.165, 1.54) is 26.9 Å². The fraction of sp³-hybridized carbons (Fsp3) is 0. The third-order valence-electron chi connectivity index (χ3n) is 11.8. The van der Waals surface area contributed by atoms with E-state index in [1.54, 1.807) is 0 Å². The summed E-state index contributed by atoms with van der Waals surface area (Å²) in [6.07, 6.45) is 0. The number of aromatic nitrogens is 5. The van der Waals surface area contributed by atoms with Gasteiger partial charge < -0.3 is 4.57 Å². The summed E-state index contributed by atoms with van der Waals surface area (Å²) in [5, 5.41) is 8.19. The van der Waals surface area contributed by atoms with Crippen molar-refractivity contribution in [3.8, 4) is 62.2 Å². The number of benzene rings is 9. The lowest BCUT2D eigenvalue weighted by Gasteiger charge is -2.16. The Hall–Kier alpha value is -8.28. The van der Waals surface area contributed by atoms with Crippen LogP contribution in [0, 0.1) is 0 Å². The predicted molar refractivity (Wildman–Crippen MR) is 252 cm³/mol. The molecule has 12 rings (SSSR count). The number of fused-ring (bicyclic) bond motifs is 8. The second-order valence-electron chi connectivity index (χ2n) is 15.4. The lowest BCUT2D eigenvalue weighted by molar-refractivity contribution is 1.07. The van der Waals surface area contributed by atoms with Gasteiger partial charge in [0.1, 0.15) is 0 Å². The minimum atomic E-state index is 0.627. The van der Waals surface area contributed by atoms with E-state index >= 15 is 0 Å². The molecule has 0 aliphatic carbocycles. The van der Waals surface area contributed by atoms with Crippen molar-refractivity contribution in [3.63, 3.8) is 0 Å². The van der Waals surface area contributed by atoms with E-state index in [0.29, 0.717) is 17.5 Å². The van der Waals surface area contributed by atoms with Crippen LogP contribution in [0.1, 0.15) is 0 Å². The average molecular weight is 778 g/mol. The molecule has 0 bridgehead atoms. The maximum absolute atomic E-state index is 5.30. The van der Waals surface area contributed by atoms with Gasteiger partial charge >= 0.3 is 0 Å². The Balaban J connectivity index is 1.12. The van der Waals surface area contributed by atoms with E-state index in [-0.39, 0.29) is 0 Å². The molecule has 0 spiro atoms. The number of pyridine rings is 1. The molecular weight excluding hydrogens is 743 g/mol. The molecular formula is C56H35N5. The summed E-state index contributed by atoms with van der Waals surface area (Å²) < 4.78 is 2.49. The molecule has 5 nitrogen and oxygen atoms in total. The number of rotatable bonds is 6. The van der Waals surface area contributed by atoms with Crippen molar-refractivity contribution < 1.29 is 0 Å². The second-order valence-corrected chi connectivity index (χ2v) is 15.4. The molecule has 9 aromatic carbocycles. The van der Waals surface area contributed by atoms with Gasteiger partial charge in [0, 0.05) is 54.6 Å². The van der Waals surface area contributed by atoms with Crippen molar-refractivity contribution in [3.05, 3.63) is 212 Å². The molecule has 0 saturated carbocycles. The normalized spacial score (nSPS) is 11.6. The topological polar surface area (TPSA) is 56.5 Å². The largest absolute Gasteiger partial charge is 0.308 e. The Morgan fingerprint density at radius 2 is 0.836 bits per heavy atom. The number of hydrogen-bond donors (Lipinski definition) is 0. The van der Waals surface area contributed by atoms with E-state index in [0.717, 1.165) is 72.1 Å². The first-order chi connectivity index (χ1) is 30.2. The smallest absolute Gasteiger partial charge is 0.164 e. The zero-order valence-corrected chi connectivity index (χ0v) is 32.9. The third-order valence-corrected chi connectivity index (χ3v) is 11.8. The highest BCUT2D eigenvalue weighted by molar-refractivity contribution is 6.27. The monoisotopic (exact) mass is 777 g/mol. The predicted octanol–water partition coefficient (Wildman–Crippen LogP) is 14.2. The Morgan fingerprint density at radius 1 is 0.311 bits per heavy atom. The summed E-state index contributed by atoms with van der Waals surface area (Å²) in [6, 6.07) is 74.6. The van der Waals surface area contributed by atoms with E-state index in [4.69, 9.17) is 19.9 Å². The Kier molecular flexibility index (Phi) is 8.10. The highest BCUT2D eigenvalue weighted by Gasteiger charge is 2.21. The first kappa shape index (κ1) is 34.7. The van der Waals surface area contributed by atoms with Crippen molar-refractivity contribution >= 4 is 54.3 Å². The lowest BCUT2D eigenvalue weighted by atomic mass is 9.97. The summed E-state index contributed by atoms with van der Waals surface area (Å²) in [7, 11) is 0. The van der Waals surface area contributed by atoms with Gasteiger partial charge in [-0.15, -0.1) is 0 Å². The van der Waals surface area contributed by atoms with Crippen LogP contribution < -0.4 is 0 Å². The van der Waals surface area contributed by atoms with Crippen molar-refractivity contribution in [2.75, 3.05) is 0 Å². The van der Waals surface area contributed by atoms with Crippen molar-refractivity contribution in [1.29, 1.82) is 0 Å². The van der Waals surface area contributed by atoms with Gasteiger partial charge in [0.25, 0.3) is 0 Å². The number of para-hydroxylation sites is 1. The quantitative estimate of drug-likeness (QED) is 0.158. The third kappa shape index (κ3) is 5.86. The van der Waals surface area contributed by atoms with Crippen LogP contribution in [0.2, 0.25) is 0 Å². The van der Waals surface area contributed by atoms with Crippen molar-refractivity contribution in [1.82, 2.24) is 24.5 Å². The number of hydrogen-bond acceptors (Lipinski definition) is 4. The summed E-state index contributed by atoms with van der Waals surface area (Å²) >= 11 is 0. The van der Waals surface area contributed by atoms with E-state index in [2.05, 4.69) is 156 Å². The summed E-state index contributed by atoms with van der Waals surface area (Å²) in [6.45, 7) is 0. The van der Waals surface area contributed by atoms with E-state index in [9.17, 15) is 0 Å². The molecule has 0 atom stereocenters. The van der Waals surface area contributed by atoms with Crippen molar-refractivity contribution in [2.24, 2.45) is 0 Å². The summed E-state index contributed by atoms with van der Waals surface area (Å²) in [4.78, 5) is 20.3. The molecule has 0 amide bonds. The minimum absolute atomic E-state index is 0.627. The first-order valence-corrected chi connectivity index (χ1v) is 20.6. The fourth-order valence-electron chi connectivity index (χ4n) is 8.96. The molecule has 3 heterocycles. The van der Waals surface area contributed by atoms with Crippen molar-refractivity contribution in [2.45, 2.75) is 0 Å². The van der Waals surface area contributed by atoms with Gasteiger partial charge in [-0.1, -0.05) is 188 Å². The Bertz CT molecular complexity index is 3570. The highest BCUT2D eigenvalue weighted by Crippen LogP contribution is 2.44. The van der Waals surface area contributed by atoms with Gasteiger partial charge in [-0.05, 0) is 40.8 Å². The molecule has 0 aliphatic rings. The second kappa shape index (κ2) is 14.2. The van der Waals surface area contributed by atoms with Crippen LogP contribution in [0.3, 0.4) is 0 Å². The minimum Gasteiger partial charge on any atom is -0.308 e. The fourth-order valence-corrected chi connectivity index (χ4v) is 8.96. The summed E-state index contributed by atoms with van der Waals surface area (Å²) in [5.74, 6) is 1.91.